The number of hydrogen-bond acceptors (Lipinski definition) is 6. The fourth-order valence-electron chi connectivity index (χ4n) is 3.41. The fraction of sp³-hybridized carbons (Fsp3) is 0.571. The molecule has 2 amide bonds. The highest BCUT2D eigenvalue weighted by molar-refractivity contribution is 7.13. The maximum absolute atomic E-state index is 12.6. The van der Waals surface area contributed by atoms with Crippen LogP contribution >= 0.6 is 11.3 Å². The van der Waals surface area contributed by atoms with Gasteiger partial charge in [0.15, 0.2) is 0 Å². The third-order valence-electron chi connectivity index (χ3n) is 5.06. The quantitative estimate of drug-likeness (QED) is 0.320. The lowest BCUT2D eigenvalue weighted by atomic mass is 9.97. The summed E-state index contributed by atoms with van der Waals surface area (Å²) in [4.78, 5) is 29.8. The van der Waals surface area contributed by atoms with Gasteiger partial charge in [0.25, 0.3) is 0 Å². The molecular formula is C21H33N5O3S. The molecule has 0 radical (unpaired) electrons. The number of amidine groups is 1. The maximum atomic E-state index is 12.6. The monoisotopic (exact) mass is 435 g/mol. The first-order chi connectivity index (χ1) is 14.4. The summed E-state index contributed by atoms with van der Waals surface area (Å²) in [5.41, 5.74) is 13.1. The summed E-state index contributed by atoms with van der Waals surface area (Å²) in [6, 6.07) is 2.11. The molecule has 0 saturated heterocycles. The van der Waals surface area contributed by atoms with Crippen molar-refractivity contribution in [2.45, 2.75) is 57.8 Å². The van der Waals surface area contributed by atoms with E-state index in [1.807, 2.05) is 6.08 Å². The van der Waals surface area contributed by atoms with Crippen LogP contribution in [0.15, 0.2) is 16.6 Å². The number of carbonyl (C=O) groups excluding carboxylic acids is 1. The van der Waals surface area contributed by atoms with Crippen molar-refractivity contribution in [2.24, 2.45) is 16.5 Å². The molecule has 0 fully saturated rings. The Labute approximate surface area is 181 Å². The molecule has 8 nitrogen and oxygen atoms in total. The number of amides is 2. The van der Waals surface area contributed by atoms with Gasteiger partial charge in [-0.1, -0.05) is 19.8 Å². The van der Waals surface area contributed by atoms with Crippen LogP contribution in [0.4, 0.5) is 10.5 Å². The van der Waals surface area contributed by atoms with Crippen molar-refractivity contribution in [1.82, 2.24) is 10.6 Å². The molecule has 0 spiro atoms. The molecular weight excluding hydrogens is 402 g/mol. The standard InChI is InChI=1S/C21H33N5O3S/c1-2-14(7-4-3-5-8-22)17-13-16-18(30-17)11-15(12-19(23)26-16)20(27)24-9-6-10-25-21(28)29/h11,13-14,25H,2-10,12,22H2,1H3,(H2,23,26)(H,24,27)(H,28,29). The van der Waals surface area contributed by atoms with Crippen LogP contribution in [-0.4, -0.2) is 42.6 Å². The van der Waals surface area contributed by atoms with Gasteiger partial charge in [0.2, 0.25) is 5.91 Å². The molecule has 9 heteroatoms. The zero-order valence-electron chi connectivity index (χ0n) is 17.6. The van der Waals surface area contributed by atoms with Gasteiger partial charge in [-0.05, 0) is 50.3 Å². The van der Waals surface area contributed by atoms with Crippen LogP contribution in [0.3, 0.4) is 0 Å². The summed E-state index contributed by atoms with van der Waals surface area (Å²) in [6.07, 6.45) is 7.18. The average molecular weight is 436 g/mol. The van der Waals surface area contributed by atoms with Gasteiger partial charge in [-0.3, -0.25) is 4.79 Å². The van der Waals surface area contributed by atoms with E-state index in [-0.39, 0.29) is 5.91 Å². The molecule has 1 atom stereocenters. The van der Waals surface area contributed by atoms with Crippen molar-refractivity contribution >= 4 is 40.9 Å². The SMILES string of the molecule is CCC(CCCCCN)c1cc2c(s1)C=C(C(=O)NCCCNC(=O)O)CC(N)=N2. The summed E-state index contributed by atoms with van der Waals surface area (Å²) < 4.78 is 0. The van der Waals surface area contributed by atoms with Crippen molar-refractivity contribution in [3.63, 3.8) is 0 Å². The molecule has 0 aliphatic carbocycles. The predicted molar refractivity (Wildman–Crippen MR) is 122 cm³/mol. The van der Waals surface area contributed by atoms with E-state index in [4.69, 9.17) is 16.6 Å². The summed E-state index contributed by atoms with van der Waals surface area (Å²) in [7, 11) is 0. The third kappa shape index (κ3) is 7.46. The number of thiophene rings is 1. The van der Waals surface area contributed by atoms with Crippen LogP contribution in [-0.2, 0) is 4.79 Å². The Bertz CT molecular complexity index is 788. The van der Waals surface area contributed by atoms with Crippen molar-refractivity contribution in [3.8, 4) is 0 Å². The lowest BCUT2D eigenvalue weighted by Crippen LogP contribution is -2.30. The summed E-state index contributed by atoms with van der Waals surface area (Å²) in [5, 5.41) is 13.7. The van der Waals surface area contributed by atoms with Crippen molar-refractivity contribution < 1.29 is 14.7 Å². The van der Waals surface area contributed by atoms with E-state index in [1.165, 1.54) is 4.88 Å². The molecule has 1 aliphatic rings. The van der Waals surface area contributed by atoms with Gasteiger partial charge in [0.05, 0.1) is 10.6 Å². The summed E-state index contributed by atoms with van der Waals surface area (Å²) in [6.45, 7) is 3.62. The average Bonchev–Trinajstić information content (AvgIpc) is 3.01. The fourth-order valence-corrected chi connectivity index (χ4v) is 4.70. The van der Waals surface area contributed by atoms with E-state index in [2.05, 4.69) is 28.6 Å². The number of nitrogens with one attached hydrogen (secondary N) is 2. The van der Waals surface area contributed by atoms with Crippen molar-refractivity contribution in [1.29, 1.82) is 0 Å². The molecule has 0 aromatic carbocycles. The number of aliphatic imine (C=N–C) groups is 1. The van der Waals surface area contributed by atoms with Crippen molar-refractivity contribution in [3.05, 3.63) is 21.4 Å². The molecule has 0 saturated carbocycles. The first-order valence-electron chi connectivity index (χ1n) is 10.6. The van der Waals surface area contributed by atoms with Gasteiger partial charge in [-0.15, -0.1) is 11.3 Å². The first-order valence-corrected chi connectivity index (χ1v) is 11.4. The first kappa shape index (κ1) is 23.9. The van der Waals surface area contributed by atoms with E-state index in [9.17, 15) is 9.59 Å². The second-order valence-electron chi connectivity index (χ2n) is 7.43. The molecule has 0 bridgehead atoms. The molecule has 2 rings (SSSR count). The molecule has 30 heavy (non-hydrogen) atoms. The highest BCUT2D eigenvalue weighted by Crippen LogP contribution is 2.40. The van der Waals surface area contributed by atoms with Gasteiger partial charge < -0.3 is 27.2 Å². The molecule has 7 N–H and O–H groups in total. The molecule has 1 aliphatic heterocycles. The van der Waals surface area contributed by atoms with Crippen LogP contribution in [0.25, 0.3) is 6.08 Å². The third-order valence-corrected chi connectivity index (χ3v) is 6.29. The second kappa shape index (κ2) is 12.3. The number of carbonyl (C=O) groups is 2. The molecule has 1 aromatic heterocycles. The summed E-state index contributed by atoms with van der Waals surface area (Å²) in [5.74, 6) is 0.701. The van der Waals surface area contributed by atoms with Gasteiger partial charge in [0, 0.05) is 30.0 Å². The van der Waals surface area contributed by atoms with E-state index >= 15 is 0 Å². The predicted octanol–water partition coefficient (Wildman–Crippen LogP) is 3.31. The highest BCUT2D eigenvalue weighted by Gasteiger charge is 2.20. The smallest absolute Gasteiger partial charge is 0.404 e. The number of fused-ring (bicyclic) bond motifs is 1. The van der Waals surface area contributed by atoms with E-state index in [0.717, 1.165) is 49.2 Å². The normalized spacial score (nSPS) is 14.2. The maximum Gasteiger partial charge on any atom is 0.404 e. The Hall–Kier alpha value is -2.39. The lowest BCUT2D eigenvalue weighted by molar-refractivity contribution is -0.117. The van der Waals surface area contributed by atoms with Crippen LogP contribution in [0.5, 0.6) is 0 Å². The van der Waals surface area contributed by atoms with E-state index < -0.39 is 6.09 Å². The van der Waals surface area contributed by atoms with Crippen LogP contribution in [0.2, 0.25) is 0 Å². The number of nitrogens with zero attached hydrogens (tertiary/aromatic N) is 1. The minimum Gasteiger partial charge on any atom is -0.465 e. The second-order valence-corrected chi connectivity index (χ2v) is 8.55. The molecule has 1 aromatic rings. The lowest BCUT2D eigenvalue weighted by Gasteiger charge is -2.12. The topological polar surface area (TPSA) is 143 Å². The highest BCUT2D eigenvalue weighted by atomic mass is 32.1. The van der Waals surface area contributed by atoms with Crippen molar-refractivity contribution in [2.75, 3.05) is 19.6 Å². The van der Waals surface area contributed by atoms with Gasteiger partial charge in [0.1, 0.15) is 5.84 Å². The number of hydrogen-bond donors (Lipinski definition) is 5. The van der Waals surface area contributed by atoms with Crippen LogP contribution in [0.1, 0.15) is 67.5 Å². The van der Waals surface area contributed by atoms with Gasteiger partial charge in [-0.25, -0.2) is 9.79 Å². The largest absolute Gasteiger partial charge is 0.465 e. The minimum absolute atomic E-state index is 0.194. The van der Waals surface area contributed by atoms with Crippen LogP contribution in [0, 0.1) is 0 Å². The van der Waals surface area contributed by atoms with E-state index in [1.54, 1.807) is 11.3 Å². The Morgan fingerprint density at radius 3 is 2.70 bits per heavy atom. The number of unbranched alkanes of at least 4 members (excludes halogenated alkanes) is 2. The minimum atomic E-state index is -1.07. The number of nitrogens with two attached hydrogens (primary N) is 2. The summed E-state index contributed by atoms with van der Waals surface area (Å²) >= 11 is 1.68. The zero-order valence-corrected chi connectivity index (χ0v) is 18.4. The number of carboxylic acid groups (broad SMARTS) is 1. The Kier molecular flexibility index (Phi) is 9.82. The number of rotatable bonds is 12. The molecule has 2 heterocycles. The van der Waals surface area contributed by atoms with Gasteiger partial charge >= 0.3 is 6.09 Å². The molecule has 1 unspecified atom stereocenters. The Morgan fingerprint density at radius 2 is 2.00 bits per heavy atom. The van der Waals surface area contributed by atoms with E-state index in [0.29, 0.717) is 43.3 Å². The van der Waals surface area contributed by atoms with Gasteiger partial charge in [-0.2, -0.15) is 0 Å². The Morgan fingerprint density at radius 1 is 1.23 bits per heavy atom. The molecule has 166 valence electrons. The Balaban J connectivity index is 2.04. The zero-order chi connectivity index (χ0) is 21.9. The van der Waals surface area contributed by atoms with Crippen LogP contribution < -0.4 is 22.1 Å².